The van der Waals surface area contributed by atoms with Gasteiger partial charge < -0.3 is 10.4 Å². The lowest BCUT2D eigenvalue weighted by atomic mass is 9.97. The fraction of sp³-hybridized carbons (Fsp3) is 0.462. The average molecular weight is 303 g/mol. The molecule has 2 rings (SSSR count). The largest absolute Gasteiger partial charge is 0.622 e. The third kappa shape index (κ3) is 2.23. The molecule has 0 radical (unpaired) electrons. The van der Waals surface area contributed by atoms with Gasteiger partial charge in [-0.05, 0) is 32.0 Å². The van der Waals surface area contributed by atoms with E-state index in [1.165, 1.54) is 0 Å². The van der Waals surface area contributed by atoms with E-state index < -0.39 is 11.7 Å². The van der Waals surface area contributed by atoms with Crippen molar-refractivity contribution in [2.45, 2.75) is 38.9 Å². The van der Waals surface area contributed by atoms with Crippen LogP contribution in [0.2, 0.25) is 10.0 Å². The van der Waals surface area contributed by atoms with Gasteiger partial charge in [-0.25, -0.2) is 0 Å². The van der Waals surface area contributed by atoms with E-state index in [-0.39, 0.29) is 0 Å². The first kappa shape index (κ1) is 14.6. The summed E-state index contributed by atoms with van der Waals surface area (Å²) in [6.07, 6.45) is -0.273. The molecule has 6 heteroatoms. The molecule has 1 aromatic rings. The van der Waals surface area contributed by atoms with Crippen molar-refractivity contribution in [3.63, 3.8) is 0 Å². The standard InChI is InChI=1S/C13H16Cl2N2O2/c1-4-11-13(2,3)17(19)12(16(11)18)9-6-5-8(14)7-10(9)15/h5-7,12,19H,4H2,1-3H3. The van der Waals surface area contributed by atoms with Crippen LogP contribution in [-0.4, -0.2) is 26.3 Å². The van der Waals surface area contributed by atoms with Crippen molar-refractivity contribution in [2.24, 2.45) is 0 Å². The van der Waals surface area contributed by atoms with Crippen LogP contribution in [0.25, 0.3) is 0 Å². The third-order valence-electron chi connectivity index (χ3n) is 3.57. The Morgan fingerprint density at radius 1 is 1.42 bits per heavy atom. The highest BCUT2D eigenvalue weighted by molar-refractivity contribution is 6.35. The van der Waals surface area contributed by atoms with Crippen LogP contribution in [0.5, 0.6) is 0 Å². The van der Waals surface area contributed by atoms with Gasteiger partial charge in [0.1, 0.15) is 5.54 Å². The summed E-state index contributed by atoms with van der Waals surface area (Å²) in [7, 11) is 0. The zero-order chi connectivity index (χ0) is 14.4. The lowest BCUT2D eigenvalue weighted by Crippen LogP contribution is -2.43. The molecule has 0 saturated heterocycles. The van der Waals surface area contributed by atoms with Crippen molar-refractivity contribution in [3.8, 4) is 0 Å². The predicted octanol–water partition coefficient (Wildman–Crippen LogP) is 3.84. The van der Waals surface area contributed by atoms with Gasteiger partial charge in [-0.1, -0.05) is 30.1 Å². The molecule has 1 atom stereocenters. The second kappa shape index (κ2) is 4.94. The molecule has 4 nitrogen and oxygen atoms in total. The molecule has 104 valence electrons. The van der Waals surface area contributed by atoms with E-state index in [1.54, 1.807) is 32.0 Å². The number of hydrogen-bond acceptors (Lipinski definition) is 3. The summed E-state index contributed by atoms with van der Waals surface area (Å²) in [4.78, 5) is 0. The van der Waals surface area contributed by atoms with Crippen LogP contribution >= 0.6 is 23.2 Å². The highest BCUT2D eigenvalue weighted by atomic mass is 35.5. The van der Waals surface area contributed by atoms with E-state index in [1.807, 2.05) is 6.92 Å². The quantitative estimate of drug-likeness (QED) is 0.667. The number of halogens is 2. The lowest BCUT2D eigenvalue weighted by molar-refractivity contribution is -0.545. The monoisotopic (exact) mass is 302 g/mol. The molecular weight excluding hydrogens is 287 g/mol. The Morgan fingerprint density at radius 3 is 2.53 bits per heavy atom. The van der Waals surface area contributed by atoms with Gasteiger partial charge in [-0.15, -0.1) is 5.06 Å². The van der Waals surface area contributed by atoms with E-state index in [2.05, 4.69) is 0 Å². The van der Waals surface area contributed by atoms with Crippen LogP contribution in [0.1, 0.15) is 38.9 Å². The van der Waals surface area contributed by atoms with Gasteiger partial charge in [-0.2, -0.15) is 4.74 Å². The molecule has 0 aliphatic carbocycles. The van der Waals surface area contributed by atoms with Crippen LogP contribution < -0.4 is 0 Å². The fourth-order valence-corrected chi connectivity index (χ4v) is 3.02. The van der Waals surface area contributed by atoms with Crippen molar-refractivity contribution in [1.82, 2.24) is 5.06 Å². The Kier molecular flexibility index (Phi) is 3.80. The molecule has 0 fully saturated rings. The second-order valence-electron chi connectivity index (χ2n) is 5.07. The first-order chi connectivity index (χ1) is 8.80. The third-order valence-corrected chi connectivity index (χ3v) is 4.14. The molecule has 0 amide bonds. The molecule has 1 aromatic carbocycles. The van der Waals surface area contributed by atoms with Crippen LogP contribution in [0, 0.1) is 5.21 Å². The van der Waals surface area contributed by atoms with Crippen molar-refractivity contribution in [3.05, 3.63) is 39.0 Å². The SMILES string of the molecule is CCC1=[N+]([O-])C(c2ccc(Cl)cc2Cl)N(O)C1(C)C. The molecule has 1 aliphatic heterocycles. The molecule has 0 spiro atoms. The summed E-state index contributed by atoms with van der Waals surface area (Å²) in [5.41, 5.74) is 0.440. The van der Waals surface area contributed by atoms with Crippen molar-refractivity contribution >= 4 is 28.9 Å². The van der Waals surface area contributed by atoms with Gasteiger partial charge in [0.25, 0.3) is 6.17 Å². The number of nitrogens with zero attached hydrogens (tertiary/aromatic N) is 2. The van der Waals surface area contributed by atoms with Crippen LogP contribution in [0.3, 0.4) is 0 Å². The van der Waals surface area contributed by atoms with E-state index in [4.69, 9.17) is 23.2 Å². The Hall–Kier alpha value is -0.810. The second-order valence-corrected chi connectivity index (χ2v) is 5.91. The average Bonchev–Trinajstić information content (AvgIpc) is 2.48. The molecular formula is C13H16Cl2N2O2. The Balaban J connectivity index is 2.54. The van der Waals surface area contributed by atoms with Gasteiger partial charge in [0.2, 0.25) is 0 Å². The molecule has 19 heavy (non-hydrogen) atoms. The maximum Gasteiger partial charge on any atom is 0.269 e. The predicted molar refractivity (Wildman–Crippen MR) is 75.8 cm³/mol. The zero-order valence-electron chi connectivity index (χ0n) is 11.0. The molecule has 0 bridgehead atoms. The van der Waals surface area contributed by atoms with E-state index >= 15 is 0 Å². The van der Waals surface area contributed by atoms with Gasteiger partial charge >= 0.3 is 0 Å². The highest BCUT2D eigenvalue weighted by Gasteiger charge is 2.51. The molecule has 0 aromatic heterocycles. The van der Waals surface area contributed by atoms with Crippen molar-refractivity contribution < 1.29 is 9.95 Å². The van der Waals surface area contributed by atoms with Gasteiger partial charge in [0.05, 0.1) is 10.6 Å². The minimum atomic E-state index is -0.838. The topological polar surface area (TPSA) is 49.5 Å². The molecule has 1 aliphatic rings. The van der Waals surface area contributed by atoms with Gasteiger partial charge in [0, 0.05) is 11.4 Å². The van der Waals surface area contributed by atoms with E-state index in [0.29, 0.717) is 27.7 Å². The van der Waals surface area contributed by atoms with Crippen LogP contribution in [0.4, 0.5) is 0 Å². The van der Waals surface area contributed by atoms with Gasteiger partial charge in [0.15, 0.2) is 5.71 Å². The first-order valence-corrected chi connectivity index (χ1v) is 6.82. The summed E-state index contributed by atoms with van der Waals surface area (Å²) in [6, 6.07) is 4.89. The number of benzene rings is 1. The molecule has 1 heterocycles. The zero-order valence-corrected chi connectivity index (χ0v) is 12.5. The maximum atomic E-state index is 12.4. The summed E-state index contributed by atoms with van der Waals surface area (Å²) in [5.74, 6) is 0. The number of hydroxylamine groups is 3. The van der Waals surface area contributed by atoms with Crippen molar-refractivity contribution in [1.29, 1.82) is 0 Å². The first-order valence-electron chi connectivity index (χ1n) is 6.06. The fourth-order valence-electron chi connectivity index (χ4n) is 2.51. The molecule has 0 saturated carbocycles. The summed E-state index contributed by atoms with van der Waals surface area (Å²) in [6.45, 7) is 5.50. The smallest absolute Gasteiger partial charge is 0.269 e. The lowest BCUT2D eigenvalue weighted by Gasteiger charge is -2.25. The molecule has 1 unspecified atom stereocenters. The Bertz CT molecular complexity index is 543. The Labute approximate surface area is 122 Å². The normalized spacial score (nSPS) is 23.2. The van der Waals surface area contributed by atoms with E-state index in [9.17, 15) is 10.4 Å². The summed E-state index contributed by atoms with van der Waals surface area (Å²) in [5, 5.41) is 24.6. The van der Waals surface area contributed by atoms with Crippen LogP contribution in [0.15, 0.2) is 18.2 Å². The summed E-state index contributed by atoms with van der Waals surface area (Å²) < 4.78 is 0.828. The molecule has 1 N–H and O–H groups in total. The van der Waals surface area contributed by atoms with Gasteiger partial charge in [-0.3, -0.25) is 0 Å². The highest BCUT2D eigenvalue weighted by Crippen LogP contribution is 2.38. The van der Waals surface area contributed by atoms with E-state index in [0.717, 1.165) is 9.80 Å². The summed E-state index contributed by atoms with van der Waals surface area (Å²) >= 11 is 12.0. The number of rotatable bonds is 2. The van der Waals surface area contributed by atoms with Crippen LogP contribution in [-0.2, 0) is 0 Å². The minimum Gasteiger partial charge on any atom is -0.622 e. The maximum absolute atomic E-state index is 12.4. The number of hydrogen-bond donors (Lipinski definition) is 1. The minimum absolute atomic E-state index is 0.366. The Morgan fingerprint density at radius 2 is 2.05 bits per heavy atom. The van der Waals surface area contributed by atoms with Crippen molar-refractivity contribution in [2.75, 3.05) is 0 Å².